The summed E-state index contributed by atoms with van der Waals surface area (Å²) in [4.78, 5) is 23.5. The van der Waals surface area contributed by atoms with Gasteiger partial charge in [0.05, 0.1) is 29.4 Å². The topological polar surface area (TPSA) is 107 Å². The first-order chi connectivity index (χ1) is 18.8. The van der Waals surface area contributed by atoms with E-state index in [1.807, 2.05) is 19.0 Å². The van der Waals surface area contributed by atoms with Crippen LogP contribution in [0.4, 0.5) is 21.6 Å². The first kappa shape index (κ1) is 27.2. The van der Waals surface area contributed by atoms with E-state index in [-0.39, 0.29) is 29.2 Å². The highest BCUT2D eigenvalue weighted by atomic mass is 35.5. The van der Waals surface area contributed by atoms with Gasteiger partial charge in [0.1, 0.15) is 42.0 Å². The second-order valence-corrected chi connectivity index (χ2v) is 9.93. The lowest BCUT2D eigenvalue weighted by Crippen LogP contribution is -2.35. The van der Waals surface area contributed by atoms with Crippen LogP contribution in [-0.2, 0) is 19.0 Å². The van der Waals surface area contributed by atoms with Crippen LogP contribution in [0, 0.1) is 5.82 Å². The molecule has 2 aliphatic heterocycles. The van der Waals surface area contributed by atoms with Crippen molar-refractivity contribution in [3.05, 3.63) is 59.7 Å². The number of nitrogens with zero attached hydrogens (tertiary/aromatic N) is 3. The number of anilines is 3. The number of carbonyl (C=O) groups excluding carboxylic acids is 1. The molecule has 2 saturated heterocycles. The molecule has 3 heterocycles. The zero-order chi connectivity index (χ0) is 27.5. The lowest BCUT2D eigenvalue weighted by Gasteiger charge is -2.21. The first-order valence-corrected chi connectivity index (χ1v) is 12.8. The van der Waals surface area contributed by atoms with Gasteiger partial charge in [0, 0.05) is 36.9 Å². The summed E-state index contributed by atoms with van der Waals surface area (Å²) < 4.78 is 37.3. The van der Waals surface area contributed by atoms with Crippen LogP contribution in [0.2, 0.25) is 5.02 Å². The van der Waals surface area contributed by atoms with Gasteiger partial charge in [-0.05, 0) is 38.4 Å². The predicted molar refractivity (Wildman–Crippen MR) is 145 cm³/mol. The normalized spacial score (nSPS) is 22.5. The Labute approximate surface area is 230 Å². The summed E-state index contributed by atoms with van der Waals surface area (Å²) in [5, 5.41) is 6.64. The summed E-state index contributed by atoms with van der Waals surface area (Å²) in [7, 11) is 5.45. The lowest BCUT2D eigenvalue weighted by molar-refractivity contribution is -0.111. The highest BCUT2D eigenvalue weighted by Crippen LogP contribution is 2.37. The molecule has 5 rings (SSSR count). The summed E-state index contributed by atoms with van der Waals surface area (Å²) in [6.45, 7) is 1.34. The number of carbonyl (C=O) groups is 1. The van der Waals surface area contributed by atoms with Crippen molar-refractivity contribution in [2.45, 2.75) is 24.4 Å². The number of halogens is 2. The van der Waals surface area contributed by atoms with E-state index in [9.17, 15) is 9.18 Å². The van der Waals surface area contributed by atoms with Crippen LogP contribution in [-0.4, -0.2) is 86.2 Å². The van der Waals surface area contributed by atoms with E-state index >= 15 is 0 Å². The fraction of sp³-hybridized carbons (Fsp3) is 0.370. The minimum absolute atomic E-state index is 0.0200. The molecule has 0 saturated carbocycles. The van der Waals surface area contributed by atoms with E-state index in [0.29, 0.717) is 53.6 Å². The molecule has 3 aromatic rings. The Morgan fingerprint density at radius 3 is 2.69 bits per heavy atom. The van der Waals surface area contributed by atoms with Crippen molar-refractivity contribution in [2.24, 2.45) is 0 Å². The molecule has 2 fully saturated rings. The van der Waals surface area contributed by atoms with Crippen LogP contribution in [0.5, 0.6) is 5.75 Å². The first-order valence-electron chi connectivity index (χ1n) is 12.4. The average molecular weight is 558 g/mol. The van der Waals surface area contributed by atoms with Crippen LogP contribution in [0.25, 0.3) is 10.9 Å². The second kappa shape index (κ2) is 11.8. The van der Waals surface area contributed by atoms with Crippen LogP contribution < -0.4 is 15.4 Å². The number of fused-ring (bicyclic) bond motifs is 2. The highest BCUT2D eigenvalue weighted by Gasteiger charge is 2.49. The molecule has 1 aromatic heterocycles. The minimum Gasteiger partial charge on any atom is -0.483 e. The maximum atomic E-state index is 13.7. The van der Waals surface area contributed by atoms with Crippen molar-refractivity contribution < 1.29 is 28.1 Å². The number of benzene rings is 2. The van der Waals surface area contributed by atoms with Crippen LogP contribution in [0.3, 0.4) is 0 Å². The van der Waals surface area contributed by atoms with Gasteiger partial charge in [-0.25, -0.2) is 14.4 Å². The molecule has 12 heteroatoms. The number of aromatic nitrogens is 2. The number of ether oxygens (including phenoxy) is 4. The zero-order valence-corrected chi connectivity index (χ0v) is 22.4. The molecule has 0 spiro atoms. The van der Waals surface area contributed by atoms with Gasteiger partial charge in [-0.3, -0.25) is 4.79 Å². The average Bonchev–Trinajstić information content (AvgIpc) is 3.49. The van der Waals surface area contributed by atoms with E-state index < -0.39 is 11.9 Å². The van der Waals surface area contributed by atoms with Gasteiger partial charge < -0.3 is 34.5 Å². The molecule has 1 amide bonds. The maximum Gasteiger partial charge on any atom is 0.248 e. The Bertz CT molecular complexity index is 1390. The third-order valence-electron chi connectivity index (χ3n) is 6.46. The van der Waals surface area contributed by atoms with Gasteiger partial charge in [0.2, 0.25) is 5.91 Å². The van der Waals surface area contributed by atoms with E-state index in [2.05, 4.69) is 20.6 Å². The van der Waals surface area contributed by atoms with Gasteiger partial charge >= 0.3 is 0 Å². The third-order valence-corrected chi connectivity index (χ3v) is 6.75. The van der Waals surface area contributed by atoms with Gasteiger partial charge in [-0.2, -0.15) is 0 Å². The van der Waals surface area contributed by atoms with E-state index in [1.54, 1.807) is 31.4 Å². The van der Waals surface area contributed by atoms with Crippen molar-refractivity contribution in [3.8, 4) is 5.75 Å². The van der Waals surface area contributed by atoms with E-state index in [4.69, 9.17) is 30.5 Å². The Morgan fingerprint density at radius 1 is 1.18 bits per heavy atom. The largest absolute Gasteiger partial charge is 0.483 e. The number of nitrogens with one attached hydrogen (secondary N) is 2. The van der Waals surface area contributed by atoms with Crippen LogP contribution >= 0.6 is 11.6 Å². The number of hydrogen-bond acceptors (Lipinski definition) is 9. The Morgan fingerprint density at radius 2 is 1.95 bits per heavy atom. The smallest absolute Gasteiger partial charge is 0.248 e. The molecule has 0 radical (unpaired) electrons. The molecule has 206 valence electrons. The molecular weight excluding hydrogens is 529 g/mol. The fourth-order valence-corrected chi connectivity index (χ4v) is 4.71. The highest BCUT2D eigenvalue weighted by molar-refractivity contribution is 6.31. The van der Waals surface area contributed by atoms with Crippen molar-refractivity contribution in [1.82, 2.24) is 14.9 Å². The van der Waals surface area contributed by atoms with E-state index in [1.165, 1.54) is 24.5 Å². The second-order valence-electron chi connectivity index (χ2n) is 9.52. The molecule has 10 nitrogen and oxygen atoms in total. The number of rotatable bonds is 9. The molecule has 0 aliphatic carbocycles. The van der Waals surface area contributed by atoms with Crippen molar-refractivity contribution in [1.29, 1.82) is 0 Å². The number of likely N-dealkylation sites (N-methyl/N-ethyl adjacent to an activating group) is 1. The van der Waals surface area contributed by atoms with Gasteiger partial charge in [-0.15, -0.1) is 0 Å². The molecule has 0 bridgehead atoms. The molecule has 4 atom stereocenters. The van der Waals surface area contributed by atoms with Crippen LogP contribution in [0.1, 0.15) is 0 Å². The molecule has 0 unspecified atom stereocenters. The van der Waals surface area contributed by atoms with Crippen molar-refractivity contribution in [3.63, 3.8) is 0 Å². The number of hydrogen-bond donors (Lipinski definition) is 2. The summed E-state index contributed by atoms with van der Waals surface area (Å²) >= 11 is 5.95. The molecular formula is C27H29ClFN5O5. The summed E-state index contributed by atoms with van der Waals surface area (Å²) in [6, 6.07) is 7.75. The number of methoxy groups -OCH3 is 1. The van der Waals surface area contributed by atoms with Gasteiger partial charge in [0.25, 0.3) is 0 Å². The monoisotopic (exact) mass is 557 g/mol. The number of amides is 1. The van der Waals surface area contributed by atoms with E-state index in [0.717, 1.165) is 0 Å². The maximum absolute atomic E-state index is 13.7. The SMILES string of the molecule is CO[C@@H]1CO[C@@H]2[C@H]1OC[C@@H]2Oc1cc2ncnc(Nc3ccc(F)c(Cl)c3)c2cc1NC(=O)C=CCN(C)C. The molecule has 2 aliphatic rings. The van der Waals surface area contributed by atoms with Gasteiger partial charge in [0.15, 0.2) is 6.10 Å². The summed E-state index contributed by atoms with van der Waals surface area (Å²) in [6.07, 6.45) is 3.52. The van der Waals surface area contributed by atoms with Gasteiger partial charge in [-0.1, -0.05) is 17.7 Å². The minimum atomic E-state index is -0.523. The quantitative estimate of drug-likeness (QED) is 0.380. The Kier molecular flexibility index (Phi) is 8.24. The molecule has 39 heavy (non-hydrogen) atoms. The lowest BCUT2D eigenvalue weighted by atomic mass is 10.1. The van der Waals surface area contributed by atoms with Crippen LogP contribution in [0.15, 0.2) is 48.8 Å². The summed E-state index contributed by atoms with van der Waals surface area (Å²) in [5.74, 6) is 0.00385. The molecule has 2 N–H and O–H groups in total. The molecule has 2 aromatic carbocycles. The Hall–Kier alpha value is -3.35. The third kappa shape index (κ3) is 6.13. The zero-order valence-electron chi connectivity index (χ0n) is 21.7. The Balaban J connectivity index is 1.47. The van der Waals surface area contributed by atoms with Crippen molar-refractivity contribution >= 4 is 45.6 Å². The van der Waals surface area contributed by atoms with Crippen molar-refractivity contribution in [2.75, 3.05) is 51.6 Å². The predicted octanol–water partition coefficient (Wildman–Crippen LogP) is 3.78. The standard InChI is InChI=1S/C27H29ClFN5O5/c1-34(2)8-4-5-24(35)33-20-10-16-19(30-14-31-27(16)32-15-6-7-18(29)17(28)9-15)11-21(20)39-23-13-38-25-22(36-3)12-37-26(23)25/h4-7,9-11,14,22-23,25-26H,8,12-13H2,1-3H3,(H,33,35)(H,30,31,32)/t22-,23+,25+,26+/m1/s1. The summed E-state index contributed by atoms with van der Waals surface area (Å²) in [5.41, 5.74) is 1.52. The fourth-order valence-electron chi connectivity index (χ4n) is 4.53.